The molecule has 1 rings (SSSR count). The lowest BCUT2D eigenvalue weighted by Crippen LogP contribution is -2.13. The Morgan fingerprint density at radius 3 is 2.56 bits per heavy atom. The minimum absolute atomic E-state index is 0.0335. The molecule has 0 spiro atoms. The van der Waals surface area contributed by atoms with Crippen LogP contribution in [0.4, 0.5) is 5.69 Å². The molecule has 4 nitrogen and oxygen atoms in total. The van der Waals surface area contributed by atoms with Gasteiger partial charge in [0.05, 0.1) is 7.11 Å². The number of benzene rings is 1. The number of nitriles is 1. The van der Waals surface area contributed by atoms with Crippen LogP contribution in [0.2, 0.25) is 0 Å². The van der Waals surface area contributed by atoms with Crippen molar-refractivity contribution in [2.45, 2.75) is 0 Å². The highest BCUT2D eigenvalue weighted by Crippen LogP contribution is 2.12. The Labute approximate surface area is 94.4 Å². The minimum atomic E-state index is -0.634. The predicted octanol–water partition coefficient (Wildman–Crippen LogP) is 1.70. The summed E-state index contributed by atoms with van der Waals surface area (Å²) in [4.78, 5) is 12.9. The normalized spacial score (nSPS) is 10.4. The van der Waals surface area contributed by atoms with Crippen LogP contribution in [-0.2, 0) is 9.53 Å². The Kier molecular flexibility index (Phi) is 4.10. The van der Waals surface area contributed by atoms with E-state index in [-0.39, 0.29) is 5.57 Å². The van der Waals surface area contributed by atoms with Gasteiger partial charge >= 0.3 is 5.97 Å². The Hall–Kier alpha value is -2.28. The zero-order valence-corrected chi connectivity index (χ0v) is 9.18. The molecule has 82 valence electrons. The zero-order valence-electron chi connectivity index (χ0n) is 9.18. The molecule has 0 heterocycles. The van der Waals surface area contributed by atoms with Crippen molar-refractivity contribution in [2.75, 3.05) is 19.1 Å². The SMILES string of the molecule is COC(=O)C(C#N)=CN(C)c1ccccc1. The van der Waals surface area contributed by atoms with Gasteiger partial charge in [0.15, 0.2) is 5.57 Å². The number of carbonyl (C=O) groups excluding carboxylic acids is 1. The summed E-state index contributed by atoms with van der Waals surface area (Å²) in [7, 11) is 3.01. The summed E-state index contributed by atoms with van der Waals surface area (Å²) in [6.45, 7) is 0. The molecule has 0 unspecified atom stereocenters. The van der Waals surface area contributed by atoms with Gasteiger partial charge in [-0.1, -0.05) is 18.2 Å². The fraction of sp³-hybridized carbons (Fsp3) is 0.167. The summed E-state index contributed by atoms with van der Waals surface area (Å²) in [5, 5.41) is 8.78. The van der Waals surface area contributed by atoms with Crippen molar-refractivity contribution in [1.29, 1.82) is 5.26 Å². The predicted molar refractivity (Wildman–Crippen MR) is 60.6 cm³/mol. The smallest absolute Gasteiger partial charge is 0.350 e. The van der Waals surface area contributed by atoms with Gasteiger partial charge in [0, 0.05) is 18.9 Å². The maximum absolute atomic E-state index is 11.2. The maximum Gasteiger partial charge on any atom is 0.350 e. The number of hydrogen-bond donors (Lipinski definition) is 0. The second-order valence-corrected chi connectivity index (χ2v) is 3.09. The third-order valence-electron chi connectivity index (χ3n) is 2.01. The highest BCUT2D eigenvalue weighted by molar-refractivity contribution is 5.93. The number of nitrogens with zero attached hydrogens (tertiary/aromatic N) is 2. The topological polar surface area (TPSA) is 53.3 Å². The van der Waals surface area contributed by atoms with Crippen LogP contribution in [-0.4, -0.2) is 20.1 Å². The van der Waals surface area contributed by atoms with E-state index in [0.29, 0.717) is 0 Å². The highest BCUT2D eigenvalue weighted by Gasteiger charge is 2.09. The summed E-state index contributed by atoms with van der Waals surface area (Å²) >= 11 is 0. The van der Waals surface area contributed by atoms with Gasteiger partial charge in [0.2, 0.25) is 0 Å². The fourth-order valence-corrected chi connectivity index (χ4v) is 1.17. The van der Waals surface area contributed by atoms with Gasteiger partial charge in [-0.15, -0.1) is 0 Å². The lowest BCUT2D eigenvalue weighted by Gasteiger charge is -2.13. The Bertz CT molecular complexity index is 432. The molecular formula is C12H12N2O2. The first kappa shape index (κ1) is 11.8. The van der Waals surface area contributed by atoms with E-state index in [1.54, 1.807) is 18.0 Å². The van der Waals surface area contributed by atoms with E-state index in [9.17, 15) is 4.79 Å². The molecule has 16 heavy (non-hydrogen) atoms. The van der Waals surface area contributed by atoms with Gasteiger partial charge in [-0.05, 0) is 12.1 Å². The summed E-state index contributed by atoms with van der Waals surface area (Å²) in [5.41, 5.74) is 0.855. The monoisotopic (exact) mass is 216 g/mol. The fourth-order valence-electron chi connectivity index (χ4n) is 1.17. The molecule has 0 saturated heterocycles. The molecular weight excluding hydrogens is 204 g/mol. The Morgan fingerprint density at radius 2 is 2.06 bits per heavy atom. The largest absolute Gasteiger partial charge is 0.465 e. The molecule has 0 radical (unpaired) electrons. The second-order valence-electron chi connectivity index (χ2n) is 3.09. The van der Waals surface area contributed by atoms with Gasteiger partial charge in [0.25, 0.3) is 0 Å². The van der Waals surface area contributed by atoms with Gasteiger partial charge in [-0.25, -0.2) is 4.79 Å². The third kappa shape index (κ3) is 2.85. The summed E-state index contributed by atoms with van der Waals surface area (Å²) < 4.78 is 4.48. The molecule has 0 aliphatic heterocycles. The first-order chi connectivity index (χ1) is 7.69. The number of ether oxygens (including phenoxy) is 1. The van der Waals surface area contributed by atoms with Gasteiger partial charge in [-0.3, -0.25) is 0 Å². The van der Waals surface area contributed by atoms with Gasteiger partial charge < -0.3 is 9.64 Å². The van der Waals surface area contributed by atoms with E-state index in [1.807, 2.05) is 30.3 Å². The Morgan fingerprint density at radius 1 is 1.44 bits per heavy atom. The molecule has 0 fully saturated rings. The molecule has 0 saturated carbocycles. The van der Waals surface area contributed by atoms with Crippen LogP contribution in [0, 0.1) is 11.3 Å². The average molecular weight is 216 g/mol. The van der Waals surface area contributed by atoms with E-state index >= 15 is 0 Å². The van der Waals surface area contributed by atoms with Crippen molar-refractivity contribution in [3.8, 4) is 6.07 Å². The van der Waals surface area contributed by atoms with Crippen molar-refractivity contribution in [1.82, 2.24) is 0 Å². The second kappa shape index (κ2) is 5.56. The van der Waals surface area contributed by atoms with E-state index in [1.165, 1.54) is 13.3 Å². The van der Waals surface area contributed by atoms with E-state index in [0.717, 1.165) is 5.69 Å². The summed E-state index contributed by atoms with van der Waals surface area (Å²) in [6, 6.07) is 11.2. The van der Waals surface area contributed by atoms with Crippen LogP contribution in [0.1, 0.15) is 0 Å². The van der Waals surface area contributed by atoms with Crippen LogP contribution in [0.25, 0.3) is 0 Å². The number of para-hydroxylation sites is 1. The lowest BCUT2D eigenvalue weighted by molar-refractivity contribution is -0.135. The molecule has 1 aromatic carbocycles. The highest BCUT2D eigenvalue weighted by atomic mass is 16.5. The molecule has 1 aromatic rings. The van der Waals surface area contributed by atoms with Gasteiger partial charge in [0.1, 0.15) is 6.07 Å². The number of carbonyl (C=O) groups is 1. The molecule has 0 aliphatic carbocycles. The Balaban J connectivity index is 2.91. The first-order valence-electron chi connectivity index (χ1n) is 4.67. The van der Waals surface area contributed by atoms with Crippen LogP contribution in [0.5, 0.6) is 0 Å². The molecule has 0 aliphatic rings. The van der Waals surface area contributed by atoms with Gasteiger partial charge in [-0.2, -0.15) is 5.26 Å². The van der Waals surface area contributed by atoms with Crippen LogP contribution >= 0.6 is 0 Å². The number of esters is 1. The summed E-state index contributed by atoms with van der Waals surface area (Å²) in [6.07, 6.45) is 1.45. The van der Waals surface area contributed by atoms with Crippen molar-refractivity contribution in [3.05, 3.63) is 42.1 Å². The van der Waals surface area contributed by atoms with Crippen molar-refractivity contribution in [3.63, 3.8) is 0 Å². The molecule has 0 atom stereocenters. The van der Waals surface area contributed by atoms with Crippen molar-refractivity contribution in [2.24, 2.45) is 0 Å². The third-order valence-corrected chi connectivity index (χ3v) is 2.01. The summed E-state index contributed by atoms with van der Waals surface area (Å²) in [5.74, 6) is -0.634. The van der Waals surface area contributed by atoms with E-state index in [2.05, 4.69) is 4.74 Å². The zero-order chi connectivity index (χ0) is 12.0. The molecule has 0 amide bonds. The number of anilines is 1. The molecule has 0 aromatic heterocycles. The van der Waals surface area contributed by atoms with Crippen LogP contribution < -0.4 is 4.90 Å². The molecule has 4 heteroatoms. The van der Waals surface area contributed by atoms with E-state index in [4.69, 9.17) is 5.26 Å². The standard InChI is InChI=1S/C12H12N2O2/c1-14(11-6-4-3-5-7-11)9-10(8-13)12(15)16-2/h3-7,9H,1-2H3. The minimum Gasteiger partial charge on any atom is -0.465 e. The molecule has 0 N–H and O–H groups in total. The number of hydrogen-bond acceptors (Lipinski definition) is 4. The first-order valence-corrected chi connectivity index (χ1v) is 4.67. The van der Waals surface area contributed by atoms with E-state index < -0.39 is 5.97 Å². The molecule has 0 bridgehead atoms. The van der Waals surface area contributed by atoms with Crippen molar-refractivity contribution < 1.29 is 9.53 Å². The lowest BCUT2D eigenvalue weighted by atomic mass is 10.3. The number of rotatable bonds is 3. The quantitative estimate of drug-likeness (QED) is 0.438. The average Bonchev–Trinajstić information content (AvgIpc) is 2.35. The van der Waals surface area contributed by atoms with Crippen LogP contribution in [0.15, 0.2) is 42.1 Å². The van der Waals surface area contributed by atoms with Crippen LogP contribution in [0.3, 0.4) is 0 Å². The number of methoxy groups -OCH3 is 1. The maximum atomic E-state index is 11.2. The van der Waals surface area contributed by atoms with Crippen molar-refractivity contribution >= 4 is 11.7 Å².